The third-order valence-corrected chi connectivity index (χ3v) is 2.99. The van der Waals surface area contributed by atoms with Gasteiger partial charge in [-0.2, -0.15) is 0 Å². The lowest BCUT2D eigenvalue weighted by molar-refractivity contribution is 0.0503. The molecule has 5 nitrogen and oxygen atoms in total. The first-order valence-corrected chi connectivity index (χ1v) is 6.54. The van der Waals surface area contributed by atoms with Gasteiger partial charge >= 0.3 is 0 Å². The second-order valence-corrected chi connectivity index (χ2v) is 5.32. The standard InChI is InChI=1S/C13H14BrNO4/c1-13(17,7-9-3-2-6-18-9)8-15-12(16)10-4-5-11(14)19-10/h2-6,17H,7-8H2,1H3,(H,15,16)/t13-/m0/s1. The molecule has 0 saturated heterocycles. The topological polar surface area (TPSA) is 75.6 Å². The van der Waals surface area contributed by atoms with Gasteiger partial charge in [-0.05, 0) is 47.1 Å². The first-order chi connectivity index (χ1) is 8.96. The molecule has 0 fully saturated rings. The zero-order valence-corrected chi connectivity index (χ0v) is 11.9. The molecule has 0 unspecified atom stereocenters. The fourth-order valence-electron chi connectivity index (χ4n) is 1.65. The lowest BCUT2D eigenvalue weighted by atomic mass is 10.0. The Morgan fingerprint density at radius 2 is 2.26 bits per heavy atom. The summed E-state index contributed by atoms with van der Waals surface area (Å²) in [5.41, 5.74) is -1.09. The molecule has 0 aliphatic rings. The molecule has 0 aliphatic heterocycles. The van der Waals surface area contributed by atoms with Crippen LogP contribution in [0.15, 0.2) is 44.0 Å². The molecule has 102 valence electrons. The van der Waals surface area contributed by atoms with E-state index in [1.165, 1.54) is 0 Å². The van der Waals surface area contributed by atoms with E-state index in [1.54, 1.807) is 37.5 Å². The zero-order chi connectivity index (χ0) is 13.9. The van der Waals surface area contributed by atoms with Crippen LogP contribution in [0.2, 0.25) is 0 Å². The quantitative estimate of drug-likeness (QED) is 0.883. The first-order valence-electron chi connectivity index (χ1n) is 5.75. The summed E-state index contributed by atoms with van der Waals surface area (Å²) >= 11 is 3.12. The Morgan fingerprint density at radius 1 is 1.47 bits per heavy atom. The van der Waals surface area contributed by atoms with Crippen molar-refractivity contribution in [2.24, 2.45) is 0 Å². The van der Waals surface area contributed by atoms with E-state index in [4.69, 9.17) is 8.83 Å². The normalized spacial score (nSPS) is 14.1. The summed E-state index contributed by atoms with van der Waals surface area (Å²) in [4.78, 5) is 11.7. The maximum atomic E-state index is 11.7. The highest BCUT2D eigenvalue weighted by atomic mass is 79.9. The zero-order valence-electron chi connectivity index (χ0n) is 10.4. The molecule has 0 spiro atoms. The first kappa shape index (κ1) is 13.9. The number of amides is 1. The SMILES string of the molecule is C[C@@](O)(CNC(=O)c1ccc(Br)o1)Cc1ccco1. The van der Waals surface area contributed by atoms with Crippen LogP contribution in [0.5, 0.6) is 0 Å². The lowest BCUT2D eigenvalue weighted by Gasteiger charge is -2.22. The van der Waals surface area contributed by atoms with Crippen molar-refractivity contribution < 1.29 is 18.7 Å². The maximum Gasteiger partial charge on any atom is 0.287 e. The summed E-state index contributed by atoms with van der Waals surface area (Å²) in [6.07, 6.45) is 1.87. The van der Waals surface area contributed by atoms with Crippen molar-refractivity contribution in [2.45, 2.75) is 18.9 Å². The van der Waals surface area contributed by atoms with Gasteiger partial charge in [0.25, 0.3) is 5.91 Å². The number of carbonyl (C=O) groups excluding carboxylic acids is 1. The van der Waals surface area contributed by atoms with E-state index in [9.17, 15) is 9.90 Å². The highest BCUT2D eigenvalue weighted by molar-refractivity contribution is 9.10. The number of furan rings is 2. The number of hydrogen-bond acceptors (Lipinski definition) is 4. The Labute approximate surface area is 118 Å². The van der Waals surface area contributed by atoms with Crippen molar-refractivity contribution in [3.8, 4) is 0 Å². The van der Waals surface area contributed by atoms with Crippen molar-refractivity contribution >= 4 is 21.8 Å². The molecule has 0 radical (unpaired) electrons. The molecule has 2 aromatic heterocycles. The summed E-state index contributed by atoms with van der Waals surface area (Å²) in [7, 11) is 0. The minimum Gasteiger partial charge on any atom is -0.469 e. The lowest BCUT2D eigenvalue weighted by Crippen LogP contribution is -2.42. The minimum atomic E-state index is -1.09. The van der Waals surface area contributed by atoms with Gasteiger partial charge < -0.3 is 19.3 Å². The molecule has 2 heterocycles. The van der Waals surface area contributed by atoms with E-state index in [0.29, 0.717) is 16.9 Å². The highest BCUT2D eigenvalue weighted by Gasteiger charge is 2.24. The summed E-state index contributed by atoms with van der Waals surface area (Å²) in [5.74, 6) is 0.492. The molecule has 1 amide bonds. The summed E-state index contributed by atoms with van der Waals surface area (Å²) in [5, 5.41) is 12.8. The number of rotatable bonds is 5. The molecule has 0 saturated carbocycles. The number of carbonyl (C=O) groups is 1. The summed E-state index contributed by atoms with van der Waals surface area (Å²) < 4.78 is 10.8. The number of nitrogens with one attached hydrogen (secondary N) is 1. The molecule has 2 N–H and O–H groups in total. The van der Waals surface area contributed by atoms with E-state index in [-0.39, 0.29) is 18.2 Å². The molecule has 6 heteroatoms. The predicted octanol–water partition coefficient (Wildman–Crippen LogP) is 2.36. The van der Waals surface area contributed by atoms with Crippen molar-refractivity contribution in [2.75, 3.05) is 6.54 Å². The van der Waals surface area contributed by atoms with Gasteiger partial charge in [-0.25, -0.2) is 0 Å². The van der Waals surface area contributed by atoms with Crippen molar-refractivity contribution in [3.05, 3.63) is 46.7 Å². The number of hydrogen-bond donors (Lipinski definition) is 2. The second kappa shape index (κ2) is 5.63. The van der Waals surface area contributed by atoms with E-state index >= 15 is 0 Å². The summed E-state index contributed by atoms with van der Waals surface area (Å²) in [6, 6.07) is 6.72. The van der Waals surface area contributed by atoms with Crippen LogP contribution in [-0.2, 0) is 6.42 Å². The third-order valence-electron chi connectivity index (χ3n) is 2.56. The van der Waals surface area contributed by atoms with Crippen molar-refractivity contribution in [1.82, 2.24) is 5.32 Å². The Hall–Kier alpha value is -1.53. The van der Waals surface area contributed by atoms with Gasteiger partial charge in [0.2, 0.25) is 0 Å². The maximum absolute atomic E-state index is 11.7. The van der Waals surface area contributed by atoms with Gasteiger partial charge in [0.1, 0.15) is 5.76 Å². The van der Waals surface area contributed by atoms with Gasteiger partial charge in [-0.1, -0.05) is 0 Å². The Morgan fingerprint density at radius 3 is 2.84 bits per heavy atom. The Bertz CT molecular complexity index is 545. The van der Waals surface area contributed by atoms with Crippen LogP contribution in [0.25, 0.3) is 0 Å². The van der Waals surface area contributed by atoms with Crippen molar-refractivity contribution in [1.29, 1.82) is 0 Å². The van der Waals surface area contributed by atoms with Gasteiger partial charge in [0, 0.05) is 13.0 Å². The average molecular weight is 328 g/mol. The molecular weight excluding hydrogens is 314 g/mol. The van der Waals surface area contributed by atoms with Crippen LogP contribution in [-0.4, -0.2) is 23.2 Å². The van der Waals surface area contributed by atoms with Gasteiger partial charge in [-0.15, -0.1) is 0 Å². The largest absolute Gasteiger partial charge is 0.469 e. The average Bonchev–Trinajstić information content (AvgIpc) is 2.97. The summed E-state index contributed by atoms with van der Waals surface area (Å²) in [6.45, 7) is 1.73. The van der Waals surface area contributed by atoms with Crippen LogP contribution in [0.3, 0.4) is 0 Å². The fourth-order valence-corrected chi connectivity index (χ4v) is 1.95. The highest BCUT2D eigenvalue weighted by Crippen LogP contribution is 2.15. The molecule has 0 bridgehead atoms. The van der Waals surface area contributed by atoms with E-state index < -0.39 is 5.60 Å². The molecule has 2 aromatic rings. The monoisotopic (exact) mass is 327 g/mol. The van der Waals surface area contributed by atoms with Gasteiger partial charge in [0.05, 0.1) is 11.9 Å². The molecule has 2 rings (SSSR count). The second-order valence-electron chi connectivity index (χ2n) is 4.54. The van der Waals surface area contributed by atoms with Crippen LogP contribution in [0.4, 0.5) is 0 Å². The number of halogens is 1. The van der Waals surface area contributed by atoms with Crippen LogP contribution < -0.4 is 5.32 Å². The van der Waals surface area contributed by atoms with Crippen LogP contribution >= 0.6 is 15.9 Å². The molecule has 19 heavy (non-hydrogen) atoms. The van der Waals surface area contributed by atoms with E-state index in [2.05, 4.69) is 21.2 Å². The van der Waals surface area contributed by atoms with Gasteiger partial charge in [-0.3, -0.25) is 4.79 Å². The smallest absolute Gasteiger partial charge is 0.287 e. The predicted molar refractivity (Wildman–Crippen MR) is 71.8 cm³/mol. The molecule has 0 aromatic carbocycles. The van der Waals surface area contributed by atoms with Crippen LogP contribution in [0, 0.1) is 0 Å². The third kappa shape index (κ3) is 3.97. The fraction of sp³-hybridized carbons (Fsp3) is 0.308. The minimum absolute atomic E-state index is 0.102. The molecular formula is C13H14BrNO4. The van der Waals surface area contributed by atoms with E-state index in [1.807, 2.05) is 0 Å². The van der Waals surface area contributed by atoms with E-state index in [0.717, 1.165) is 0 Å². The molecule has 1 atom stereocenters. The Kier molecular flexibility index (Phi) is 4.11. The molecule has 0 aliphatic carbocycles. The Balaban J connectivity index is 1.88. The van der Waals surface area contributed by atoms with Crippen LogP contribution in [0.1, 0.15) is 23.2 Å². The van der Waals surface area contributed by atoms with Crippen molar-refractivity contribution in [3.63, 3.8) is 0 Å². The van der Waals surface area contributed by atoms with Gasteiger partial charge in [0.15, 0.2) is 10.4 Å². The number of aliphatic hydroxyl groups is 1.